The lowest BCUT2D eigenvalue weighted by Crippen LogP contribution is -2.42. The zero-order chi connectivity index (χ0) is 12.4. The maximum absolute atomic E-state index is 12.3. The number of hydrogen-bond acceptors (Lipinski definition) is 2. The monoisotopic (exact) mass is 238 g/mol. The zero-order valence-electron chi connectivity index (χ0n) is 11.5. The summed E-state index contributed by atoms with van der Waals surface area (Å²) in [5, 5.41) is 0. The molecular formula is C14H26N2O. The molecule has 1 aliphatic heterocycles. The molecule has 1 aliphatic carbocycles. The first kappa shape index (κ1) is 12.9. The highest BCUT2D eigenvalue weighted by Crippen LogP contribution is 2.28. The minimum absolute atomic E-state index is 0.357. The van der Waals surface area contributed by atoms with Crippen LogP contribution in [0.1, 0.15) is 40.0 Å². The maximum atomic E-state index is 12.3. The molecule has 0 aromatic carbocycles. The molecule has 0 N–H and O–H groups in total. The van der Waals surface area contributed by atoms with Crippen LogP contribution in [0.2, 0.25) is 0 Å². The molecule has 0 aromatic rings. The fraction of sp³-hybridized carbons (Fsp3) is 0.929. The van der Waals surface area contributed by atoms with E-state index in [9.17, 15) is 4.79 Å². The highest BCUT2D eigenvalue weighted by molar-refractivity contribution is 5.79. The van der Waals surface area contributed by atoms with Gasteiger partial charge >= 0.3 is 0 Å². The van der Waals surface area contributed by atoms with E-state index in [1.165, 1.54) is 19.3 Å². The van der Waals surface area contributed by atoms with Gasteiger partial charge in [-0.15, -0.1) is 0 Å². The van der Waals surface area contributed by atoms with E-state index in [4.69, 9.17) is 0 Å². The molecule has 0 aromatic heterocycles. The third kappa shape index (κ3) is 3.70. The summed E-state index contributed by atoms with van der Waals surface area (Å²) < 4.78 is 0. The molecule has 1 unspecified atom stereocenters. The van der Waals surface area contributed by atoms with Gasteiger partial charge in [0.1, 0.15) is 0 Å². The van der Waals surface area contributed by atoms with Crippen LogP contribution in [-0.2, 0) is 4.79 Å². The van der Waals surface area contributed by atoms with Gasteiger partial charge < -0.3 is 4.90 Å². The fourth-order valence-corrected chi connectivity index (χ4v) is 2.69. The first-order valence-corrected chi connectivity index (χ1v) is 7.08. The van der Waals surface area contributed by atoms with Crippen molar-refractivity contribution >= 4 is 5.91 Å². The standard InChI is InChI=1S/C14H26N2O/c1-11(2)8-16(13-4-5-13)14(17)10-15-7-6-12(3)9-15/h11-13H,4-10H2,1-3H3. The normalized spacial score (nSPS) is 25.5. The molecule has 0 bridgehead atoms. The Morgan fingerprint density at radius 3 is 2.53 bits per heavy atom. The van der Waals surface area contributed by atoms with Crippen LogP contribution in [-0.4, -0.2) is 47.9 Å². The highest BCUT2D eigenvalue weighted by Gasteiger charge is 2.33. The molecule has 1 heterocycles. The van der Waals surface area contributed by atoms with Gasteiger partial charge in [-0.25, -0.2) is 0 Å². The summed E-state index contributed by atoms with van der Waals surface area (Å²) in [4.78, 5) is 16.8. The van der Waals surface area contributed by atoms with E-state index < -0.39 is 0 Å². The van der Waals surface area contributed by atoms with Crippen LogP contribution in [0.3, 0.4) is 0 Å². The molecule has 3 nitrogen and oxygen atoms in total. The van der Waals surface area contributed by atoms with E-state index in [1.54, 1.807) is 0 Å². The molecule has 98 valence electrons. The lowest BCUT2D eigenvalue weighted by molar-refractivity contribution is -0.133. The van der Waals surface area contributed by atoms with Crippen molar-refractivity contribution in [1.29, 1.82) is 0 Å². The van der Waals surface area contributed by atoms with Gasteiger partial charge in [-0.1, -0.05) is 20.8 Å². The molecule has 1 atom stereocenters. The molecule has 1 amide bonds. The van der Waals surface area contributed by atoms with Crippen LogP contribution < -0.4 is 0 Å². The van der Waals surface area contributed by atoms with Crippen molar-refractivity contribution in [2.75, 3.05) is 26.2 Å². The molecule has 3 heteroatoms. The Morgan fingerprint density at radius 1 is 1.35 bits per heavy atom. The van der Waals surface area contributed by atoms with E-state index >= 15 is 0 Å². The lowest BCUT2D eigenvalue weighted by atomic mass is 10.2. The Morgan fingerprint density at radius 2 is 2.06 bits per heavy atom. The van der Waals surface area contributed by atoms with Gasteiger partial charge in [-0.2, -0.15) is 0 Å². The van der Waals surface area contributed by atoms with Crippen molar-refractivity contribution in [2.45, 2.75) is 46.1 Å². The largest absolute Gasteiger partial charge is 0.338 e. The number of carbonyl (C=O) groups is 1. The summed E-state index contributed by atoms with van der Waals surface area (Å²) in [5.41, 5.74) is 0. The second-order valence-corrected chi connectivity index (χ2v) is 6.30. The third-order valence-corrected chi connectivity index (χ3v) is 3.74. The molecule has 2 rings (SSSR count). The van der Waals surface area contributed by atoms with Gasteiger partial charge in [-0.05, 0) is 37.6 Å². The van der Waals surface area contributed by atoms with E-state index in [1.807, 2.05) is 0 Å². The summed E-state index contributed by atoms with van der Waals surface area (Å²) in [7, 11) is 0. The average Bonchev–Trinajstić information content (AvgIpc) is 3.00. The number of hydrogen-bond donors (Lipinski definition) is 0. The van der Waals surface area contributed by atoms with Gasteiger partial charge in [0.2, 0.25) is 5.91 Å². The van der Waals surface area contributed by atoms with Crippen LogP contribution in [0.5, 0.6) is 0 Å². The van der Waals surface area contributed by atoms with Gasteiger partial charge in [0.25, 0.3) is 0 Å². The van der Waals surface area contributed by atoms with Crippen molar-refractivity contribution in [2.24, 2.45) is 11.8 Å². The molecule has 2 aliphatic rings. The smallest absolute Gasteiger partial charge is 0.237 e. The minimum Gasteiger partial charge on any atom is -0.338 e. The molecule has 0 radical (unpaired) electrons. The number of amides is 1. The summed E-state index contributed by atoms with van der Waals surface area (Å²) in [6.07, 6.45) is 3.69. The van der Waals surface area contributed by atoms with E-state index in [2.05, 4.69) is 30.6 Å². The summed E-state index contributed by atoms with van der Waals surface area (Å²) in [6, 6.07) is 0.560. The molecule has 2 fully saturated rings. The molecule has 1 saturated heterocycles. The quantitative estimate of drug-likeness (QED) is 0.731. The van der Waals surface area contributed by atoms with Crippen molar-refractivity contribution < 1.29 is 4.79 Å². The number of likely N-dealkylation sites (tertiary alicyclic amines) is 1. The fourth-order valence-electron chi connectivity index (χ4n) is 2.69. The zero-order valence-corrected chi connectivity index (χ0v) is 11.5. The Kier molecular flexibility index (Phi) is 4.08. The first-order chi connectivity index (χ1) is 8.06. The predicted octanol–water partition coefficient (Wildman–Crippen LogP) is 1.98. The molecular weight excluding hydrogens is 212 g/mol. The summed E-state index contributed by atoms with van der Waals surface area (Å²) in [6.45, 7) is 10.5. The SMILES string of the molecule is CC(C)CN(C(=O)CN1CCC(C)C1)C1CC1. The average molecular weight is 238 g/mol. The van der Waals surface area contributed by atoms with E-state index in [0.29, 0.717) is 24.4 Å². The van der Waals surface area contributed by atoms with Crippen molar-refractivity contribution in [1.82, 2.24) is 9.80 Å². The van der Waals surface area contributed by atoms with Gasteiger partial charge in [0.05, 0.1) is 6.54 Å². The van der Waals surface area contributed by atoms with Gasteiger partial charge in [-0.3, -0.25) is 9.69 Å². The topological polar surface area (TPSA) is 23.6 Å². The van der Waals surface area contributed by atoms with Crippen LogP contribution >= 0.6 is 0 Å². The Balaban J connectivity index is 1.83. The van der Waals surface area contributed by atoms with Crippen LogP contribution in [0.15, 0.2) is 0 Å². The Labute approximate surface area is 105 Å². The van der Waals surface area contributed by atoms with Crippen molar-refractivity contribution in [3.8, 4) is 0 Å². The van der Waals surface area contributed by atoms with Crippen LogP contribution in [0.4, 0.5) is 0 Å². The third-order valence-electron chi connectivity index (χ3n) is 3.74. The number of rotatable bonds is 5. The van der Waals surface area contributed by atoms with Gasteiger partial charge in [0, 0.05) is 19.1 Å². The Hall–Kier alpha value is -0.570. The Bertz CT molecular complexity index is 273. The predicted molar refractivity (Wildman–Crippen MR) is 69.8 cm³/mol. The number of nitrogens with zero attached hydrogens (tertiary/aromatic N) is 2. The molecule has 1 saturated carbocycles. The van der Waals surface area contributed by atoms with Crippen LogP contribution in [0.25, 0.3) is 0 Å². The van der Waals surface area contributed by atoms with E-state index in [-0.39, 0.29) is 0 Å². The number of carbonyl (C=O) groups excluding carboxylic acids is 1. The van der Waals surface area contributed by atoms with E-state index in [0.717, 1.165) is 25.6 Å². The second-order valence-electron chi connectivity index (χ2n) is 6.30. The van der Waals surface area contributed by atoms with Crippen molar-refractivity contribution in [3.63, 3.8) is 0 Å². The van der Waals surface area contributed by atoms with Crippen molar-refractivity contribution in [3.05, 3.63) is 0 Å². The van der Waals surface area contributed by atoms with Crippen LogP contribution in [0, 0.1) is 11.8 Å². The first-order valence-electron chi connectivity index (χ1n) is 7.08. The maximum Gasteiger partial charge on any atom is 0.237 e. The minimum atomic E-state index is 0.357. The lowest BCUT2D eigenvalue weighted by Gasteiger charge is -2.27. The summed E-state index contributed by atoms with van der Waals surface area (Å²) >= 11 is 0. The highest BCUT2D eigenvalue weighted by atomic mass is 16.2. The van der Waals surface area contributed by atoms with Gasteiger partial charge in [0.15, 0.2) is 0 Å². The summed E-state index contributed by atoms with van der Waals surface area (Å²) in [5.74, 6) is 1.70. The molecule has 0 spiro atoms. The molecule has 17 heavy (non-hydrogen) atoms. The second kappa shape index (κ2) is 5.38.